The van der Waals surface area contributed by atoms with E-state index in [-0.39, 0.29) is 29.7 Å². The molecule has 2 atom stereocenters. The van der Waals surface area contributed by atoms with Gasteiger partial charge >= 0.3 is 6.09 Å². The van der Waals surface area contributed by atoms with Crippen LogP contribution in [-0.4, -0.2) is 46.5 Å². The molecule has 1 fully saturated rings. The number of hydrogen-bond donors (Lipinski definition) is 2. The average Bonchev–Trinajstić information content (AvgIpc) is 3.38. The van der Waals surface area contributed by atoms with Crippen LogP contribution in [0.3, 0.4) is 0 Å². The van der Waals surface area contributed by atoms with Crippen LogP contribution in [0.25, 0.3) is 11.0 Å². The molecule has 0 radical (unpaired) electrons. The third-order valence-electron chi connectivity index (χ3n) is 6.28. The maximum atomic E-state index is 12.5. The molecule has 3 aromatic rings. The lowest BCUT2D eigenvalue weighted by Gasteiger charge is -2.20. The smallest absolute Gasteiger partial charge is 0.414 e. The zero-order valence-corrected chi connectivity index (χ0v) is 18.4. The number of nitrogens with one attached hydrogen (secondary N) is 2. The van der Waals surface area contributed by atoms with Gasteiger partial charge < -0.3 is 19.9 Å². The number of carbonyl (C=O) groups is 2. The third-order valence-corrected chi connectivity index (χ3v) is 7.35. The number of thioether (sulfide) groups is 1. The lowest BCUT2D eigenvalue weighted by Crippen LogP contribution is -2.29. The Labute approximate surface area is 193 Å². The maximum absolute atomic E-state index is 12.5. The van der Waals surface area contributed by atoms with Crippen molar-refractivity contribution in [3.05, 3.63) is 58.5 Å². The van der Waals surface area contributed by atoms with Crippen LogP contribution in [-0.2, 0) is 16.1 Å². The topological polar surface area (TPSA) is 106 Å². The Balaban J connectivity index is 1.10. The van der Waals surface area contributed by atoms with Crippen molar-refractivity contribution in [1.82, 2.24) is 14.9 Å². The molecule has 1 aromatic heterocycles. The van der Waals surface area contributed by atoms with Crippen molar-refractivity contribution >= 4 is 46.2 Å². The number of fused-ring (bicyclic) bond motifs is 1. The van der Waals surface area contributed by atoms with E-state index in [4.69, 9.17) is 4.74 Å². The molecule has 33 heavy (non-hydrogen) atoms. The van der Waals surface area contributed by atoms with Gasteiger partial charge in [0.2, 0.25) is 5.91 Å². The summed E-state index contributed by atoms with van der Waals surface area (Å²) in [6.45, 7) is 1.65. The molecular formula is C23H21N5O4S. The molecule has 0 saturated carbocycles. The van der Waals surface area contributed by atoms with Crippen molar-refractivity contribution in [2.45, 2.75) is 30.0 Å². The predicted molar refractivity (Wildman–Crippen MR) is 125 cm³/mol. The first-order valence-electron chi connectivity index (χ1n) is 10.8. The second kappa shape index (κ2) is 7.89. The van der Waals surface area contributed by atoms with Crippen LogP contribution in [0.1, 0.15) is 18.0 Å². The molecule has 4 heterocycles. The monoisotopic (exact) mass is 463 g/mol. The van der Waals surface area contributed by atoms with Crippen LogP contribution in [0, 0.1) is 0 Å². The number of para-hydroxylation sites is 1. The van der Waals surface area contributed by atoms with Crippen molar-refractivity contribution in [3.8, 4) is 0 Å². The number of cyclic esters (lactones) is 1. The lowest BCUT2D eigenvalue weighted by molar-refractivity contribution is -0.113. The Morgan fingerprint density at radius 2 is 2.09 bits per heavy atom. The number of aromatic nitrogens is 2. The first-order valence-corrected chi connectivity index (χ1v) is 11.8. The molecule has 3 aliphatic rings. The molecular weight excluding hydrogens is 442 g/mol. The minimum atomic E-state index is -0.384. The molecule has 0 bridgehead atoms. The molecule has 2 aromatic carbocycles. The molecule has 0 spiro atoms. The summed E-state index contributed by atoms with van der Waals surface area (Å²) in [6.07, 6.45) is 1.39. The third kappa shape index (κ3) is 3.55. The second-order valence-corrected chi connectivity index (χ2v) is 9.37. The standard InChI is InChI=1S/C23H21N5O4S/c29-20-12-33-19-5-4-13(8-17(19)26-20)27-10-14(32-23(27)31)6-7-24-18-11-28-21(30)9-25-16-3-1-2-15(18)22(16)28/h1-5,8-9,14,18,24H,6-7,10-12H2,(H,26,29)/t14-,18+/m0/s1. The largest absolute Gasteiger partial charge is 0.444 e. The highest BCUT2D eigenvalue weighted by molar-refractivity contribution is 8.00. The van der Waals surface area contributed by atoms with Crippen LogP contribution in [0.15, 0.2) is 52.3 Å². The Hall–Kier alpha value is -3.37. The summed E-state index contributed by atoms with van der Waals surface area (Å²) < 4.78 is 7.35. The summed E-state index contributed by atoms with van der Waals surface area (Å²) in [6, 6.07) is 11.5. The number of rotatable bonds is 5. The summed E-state index contributed by atoms with van der Waals surface area (Å²) in [5.74, 6) is 0.360. The fourth-order valence-electron chi connectivity index (χ4n) is 4.71. The van der Waals surface area contributed by atoms with Gasteiger partial charge in [-0.3, -0.25) is 14.5 Å². The second-order valence-electron chi connectivity index (χ2n) is 8.35. The lowest BCUT2D eigenvalue weighted by atomic mass is 10.1. The van der Waals surface area contributed by atoms with E-state index >= 15 is 0 Å². The highest BCUT2D eigenvalue weighted by Crippen LogP contribution is 2.36. The molecule has 6 rings (SSSR count). The van der Waals surface area contributed by atoms with E-state index in [1.807, 2.05) is 36.4 Å². The molecule has 3 aliphatic heterocycles. The molecule has 10 heteroatoms. The first kappa shape index (κ1) is 20.3. The minimum absolute atomic E-state index is 0.0144. The SMILES string of the molecule is O=C1CSc2ccc(N3C[C@H](CCN[C@@H]4Cn5c(=O)cnc6cccc4c65)OC3=O)cc2N1. The Kier molecular flexibility index (Phi) is 4.84. The molecule has 168 valence electrons. The first-order chi connectivity index (χ1) is 16.1. The quantitative estimate of drug-likeness (QED) is 0.599. The molecule has 2 N–H and O–H groups in total. The predicted octanol–water partition coefficient (Wildman–Crippen LogP) is 2.50. The fourth-order valence-corrected chi connectivity index (χ4v) is 5.50. The van der Waals surface area contributed by atoms with Crippen LogP contribution < -0.4 is 21.1 Å². The Bertz CT molecular complexity index is 1360. The van der Waals surface area contributed by atoms with E-state index in [1.54, 1.807) is 9.47 Å². The van der Waals surface area contributed by atoms with Gasteiger partial charge in [-0.15, -0.1) is 11.8 Å². The van der Waals surface area contributed by atoms with Gasteiger partial charge in [-0.25, -0.2) is 9.78 Å². The number of hydrogen-bond acceptors (Lipinski definition) is 7. The van der Waals surface area contributed by atoms with Crippen molar-refractivity contribution in [2.75, 3.05) is 29.1 Å². The van der Waals surface area contributed by atoms with Gasteiger partial charge in [0.15, 0.2) is 0 Å². The van der Waals surface area contributed by atoms with Gasteiger partial charge in [-0.2, -0.15) is 0 Å². The number of carbonyl (C=O) groups excluding carboxylic acids is 2. The van der Waals surface area contributed by atoms with Crippen LogP contribution in [0.5, 0.6) is 0 Å². The molecule has 2 amide bonds. The average molecular weight is 464 g/mol. The normalized spacial score (nSPS) is 21.3. The fraction of sp³-hybridized carbons (Fsp3) is 0.304. The van der Waals surface area contributed by atoms with E-state index in [1.165, 1.54) is 18.0 Å². The van der Waals surface area contributed by atoms with Gasteiger partial charge in [-0.1, -0.05) is 12.1 Å². The number of anilines is 2. The summed E-state index contributed by atoms with van der Waals surface area (Å²) >= 11 is 1.49. The Morgan fingerprint density at radius 3 is 3.00 bits per heavy atom. The molecule has 9 nitrogen and oxygen atoms in total. The van der Waals surface area contributed by atoms with Gasteiger partial charge in [-0.05, 0) is 42.8 Å². The van der Waals surface area contributed by atoms with Crippen molar-refractivity contribution < 1.29 is 14.3 Å². The highest BCUT2D eigenvalue weighted by atomic mass is 32.2. The van der Waals surface area contributed by atoms with Crippen molar-refractivity contribution in [1.29, 1.82) is 0 Å². The number of benzene rings is 2. The molecule has 1 saturated heterocycles. The van der Waals surface area contributed by atoms with Crippen LogP contribution >= 0.6 is 11.8 Å². The van der Waals surface area contributed by atoms with E-state index in [9.17, 15) is 14.4 Å². The van der Waals surface area contributed by atoms with E-state index < -0.39 is 0 Å². The number of nitrogens with zero attached hydrogens (tertiary/aromatic N) is 3. The molecule has 0 aliphatic carbocycles. The summed E-state index contributed by atoms with van der Waals surface area (Å²) in [4.78, 5) is 43.3. The number of ether oxygens (including phenoxy) is 1. The van der Waals surface area contributed by atoms with Crippen molar-refractivity contribution in [2.24, 2.45) is 0 Å². The van der Waals surface area contributed by atoms with Crippen LogP contribution in [0.2, 0.25) is 0 Å². The van der Waals surface area contributed by atoms with Crippen molar-refractivity contribution in [3.63, 3.8) is 0 Å². The highest BCUT2D eigenvalue weighted by Gasteiger charge is 2.33. The Morgan fingerprint density at radius 1 is 1.18 bits per heavy atom. The maximum Gasteiger partial charge on any atom is 0.414 e. The van der Waals surface area contributed by atoms with Crippen LogP contribution in [0.4, 0.5) is 16.2 Å². The van der Waals surface area contributed by atoms with Gasteiger partial charge in [0.05, 0.1) is 41.3 Å². The van der Waals surface area contributed by atoms with E-state index in [2.05, 4.69) is 15.6 Å². The summed E-state index contributed by atoms with van der Waals surface area (Å²) in [5, 5.41) is 6.37. The van der Waals surface area contributed by atoms with Gasteiger partial charge in [0, 0.05) is 17.1 Å². The van der Waals surface area contributed by atoms with Gasteiger partial charge in [0.25, 0.3) is 5.56 Å². The van der Waals surface area contributed by atoms with Gasteiger partial charge in [0.1, 0.15) is 6.10 Å². The zero-order valence-electron chi connectivity index (χ0n) is 17.6. The zero-order chi connectivity index (χ0) is 22.5. The molecule has 0 unspecified atom stereocenters. The minimum Gasteiger partial charge on any atom is -0.444 e. The summed E-state index contributed by atoms with van der Waals surface area (Å²) in [7, 11) is 0. The number of amides is 2. The summed E-state index contributed by atoms with van der Waals surface area (Å²) in [5.41, 5.74) is 4.11. The van der Waals surface area contributed by atoms with E-state index in [0.717, 1.165) is 27.2 Å². The van der Waals surface area contributed by atoms with E-state index in [0.29, 0.717) is 37.5 Å².